The highest BCUT2D eigenvalue weighted by molar-refractivity contribution is 7.80. The average molecular weight is 475 g/mol. The summed E-state index contributed by atoms with van der Waals surface area (Å²) in [5, 5.41) is 7.66. The van der Waals surface area contributed by atoms with Gasteiger partial charge in [-0.2, -0.15) is 5.10 Å². The van der Waals surface area contributed by atoms with Crippen LogP contribution in [0, 0.1) is 5.82 Å². The second kappa shape index (κ2) is 12.8. The zero-order chi connectivity index (χ0) is 23.5. The molecule has 0 saturated carbocycles. The molecule has 0 aromatic heterocycles. The van der Waals surface area contributed by atoms with Gasteiger partial charge < -0.3 is 19.5 Å². The predicted molar refractivity (Wildman–Crippen MR) is 128 cm³/mol. The number of hydrogen-bond acceptors (Lipinski definition) is 7. The number of methoxy groups -OCH3 is 1. The number of hydrazone groups is 1. The predicted octanol–water partition coefficient (Wildman–Crippen LogP) is 2.57. The number of nitrogens with one attached hydrogen (secondary N) is 2. The Balaban J connectivity index is 1.46. The molecule has 176 valence electrons. The van der Waals surface area contributed by atoms with Crippen molar-refractivity contribution in [2.24, 2.45) is 5.10 Å². The summed E-state index contributed by atoms with van der Waals surface area (Å²) in [5.74, 6) is -0.970. The van der Waals surface area contributed by atoms with Crippen LogP contribution in [0.1, 0.15) is 22.3 Å². The molecule has 0 bridgehead atoms. The van der Waals surface area contributed by atoms with Gasteiger partial charge in [-0.1, -0.05) is 12.1 Å². The minimum atomic E-state index is -0.806. The number of thiocarbonyl (C=S) groups is 1. The van der Waals surface area contributed by atoms with Crippen LogP contribution in [-0.2, 0) is 4.74 Å². The Labute approximate surface area is 197 Å². The van der Waals surface area contributed by atoms with Crippen molar-refractivity contribution in [3.8, 4) is 11.5 Å². The molecule has 1 aliphatic heterocycles. The Hall–Kier alpha value is -3.08. The fourth-order valence-electron chi connectivity index (χ4n) is 3.16. The van der Waals surface area contributed by atoms with E-state index in [-0.39, 0.29) is 11.3 Å². The number of benzene rings is 2. The average Bonchev–Trinajstić information content (AvgIpc) is 2.83. The van der Waals surface area contributed by atoms with E-state index < -0.39 is 11.8 Å². The van der Waals surface area contributed by atoms with Gasteiger partial charge in [-0.05, 0) is 61.1 Å². The van der Waals surface area contributed by atoms with E-state index in [4.69, 9.17) is 26.4 Å². The summed E-state index contributed by atoms with van der Waals surface area (Å²) >= 11 is 5.23. The van der Waals surface area contributed by atoms with Crippen LogP contribution >= 0.6 is 12.2 Å². The van der Waals surface area contributed by atoms with E-state index in [1.165, 1.54) is 25.3 Å². The van der Waals surface area contributed by atoms with Gasteiger partial charge in [0, 0.05) is 19.6 Å². The topological polar surface area (TPSA) is 84.4 Å². The number of rotatable bonds is 9. The largest absolute Gasteiger partial charge is 0.493 e. The normalized spacial score (nSPS) is 14.1. The summed E-state index contributed by atoms with van der Waals surface area (Å²) in [6.07, 6.45) is 2.53. The van der Waals surface area contributed by atoms with E-state index in [0.29, 0.717) is 16.4 Å². The van der Waals surface area contributed by atoms with Gasteiger partial charge in [0.1, 0.15) is 5.82 Å². The minimum absolute atomic E-state index is 0.152. The van der Waals surface area contributed by atoms with Crippen LogP contribution in [0.4, 0.5) is 4.39 Å². The van der Waals surface area contributed by atoms with Gasteiger partial charge in [-0.25, -0.2) is 9.18 Å². The molecular formula is C23H27FN4O4S. The highest BCUT2D eigenvalue weighted by Crippen LogP contribution is 2.28. The van der Waals surface area contributed by atoms with E-state index in [2.05, 4.69) is 20.7 Å². The monoisotopic (exact) mass is 474 g/mol. The first-order chi connectivity index (χ1) is 16.1. The van der Waals surface area contributed by atoms with Crippen molar-refractivity contribution < 1.29 is 23.4 Å². The number of hydrogen-bond donors (Lipinski definition) is 2. The van der Waals surface area contributed by atoms with E-state index in [0.717, 1.165) is 45.8 Å². The van der Waals surface area contributed by atoms with Crippen molar-refractivity contribution in [3.63, 3.8) is 0 Å². The second-order valence-corrected chi connectivity index (χ2v) is 7.62. The van der Waals surface area contributed by atoms with Crippen molar-refractivity contribution in [1.82, 2.24) is 15.6 Å². The molecule has 0 radical (unpaired) electrons. The Morgan fingerprint density at radius 1 is 1.24 bits per heavy atom. The fraction of sp³-hybridized carbons (Fsp3) is 0.348. The number of morpholine rings is 1. The minimum Gasteiger partial charge on any atom is -0.493 e. The number of ether oxygens (including phenoxy) is 3. The maximum atomic E-state index is 13.8. The molecular weight excluding hydrogens is 447 g/mol. The summed E-state index contributed by atoms with van der Waals surface area (Å²) in [6, 6.07) is 10.5. The molecule has 10 heteroatoms. The summed E-state index contributed by atoms with van der Waals surface area (Å²) in [6.45, 7) is 5.27. The zero-order valence-corrected chi connectivity index (χ0v) is 19.2. The fourth-order valence-corrected chi connectivity index (χ4v) is 3.32. The maximum absolute atomic E-state index is 13.8. The third-order valence-electron chi connectivity index (χ3n) is 4.90. The third-order valence-corrected chi connectivity index (χ3v) is 5.14. The first kappa shape index (κ1) is 24.6. The van der Waals surface area contributed by atoms with Crippen LogP contribution < -0.4 is 20.2 Å². The molecule has 8 nitrogen and oxygen atoms in total. The van der Waals surface area contributed by atoms with E-state index in [1.807, 2.05) is 0 Å². The maximum Gasteiger partial charge on any atom is 0.346 e. The molecule has 0 atom stereocenters. The lowest BCUT2D eigenvalue weighted by molar-refractivity contribution is 0.0376. The van der Waals surface area contributed by atoms with Gasteiger partial charge in [0.2, 0.25) is 0 Å². The van der Waals surface area contributed by atoms with Gasteiger partial charge in [0.15, 0.2) is 16.6 Å². The quantitative estimate of drug-likeness (QED) is 0.143. The molecule has 2 aromatic carbocycles. The van der Waals surface area contributed by atoms with Crippen LogP contribution in [0.3, 0.4) is 0 Å². The number of carbonyl (C=O) groups is 1. The molecule has 0 amide bonds. The molecule has 3 rings (SSSR count). The lowest BCUT2D eigenvalue weighted by Gasteiger charge is -2.26. The van der Waals surface area contributed by atoms with Crippen molar-refractivity contribution in [3.05, 3.63) is 59.4 Å². The standard InChI is InChI=1S/C23H27FN4O4S/c1-30-21-15-17(7-8-20(21)32-22(29)18-5-2-3-6-19(18)24)16-26-27-23(33)25-9-4-10-28-11-13-31-14-12-28/h2-3,5-8,15-16H,4,9-14H2,1H3,(H2,25,27,33)/b26-16+. The molecule has 1 heterocycles. The summed E-state index contributed by atoms with van der Waals surface area (Å²) in [4.78, 5) is 14.6. The molecule has 1 fully saturated rings. The van der Waals surface area contributed by atoms with Crippen molar-refractivity contribution in [1.29, 1.82) is 0 Å². The smallest absolute Gasteiger partial charge is 0.346 e. The number of esters is 1. The molecule has 2 aromatic rings. The molecule has 1 aliphatic rings. The first-order valence-corrected chi connectivity index (χ1v) is 11.0. The van der Waals surface area contributed by atoms with E-state index in [9.17, 15) is 9.18 Å². The lowest BCUT2D eigenvalue weighted by Crippen LogP contribution is -2.39. The van der Waals surface area contributed by atoms with Gasteiger partial charge in [-0.15, -0.1) is 0 Å². The molecule has 0 aliphatic carbocycles. The molecule has 2 N–H and O–H groups in total. The number of nitrogens with zero attached hydrogens (tertiary/aromatic N) is 2. The van der Waals surface area contributed by atoms with Crippen molar-refractivity contribution >= 4 is 29.5 Å². The van der Waals surface area contributed by atoms with Gasteiger partial charge in [0.05, 0.1) is 32.1 Å². The van der Waals surface area contributed by atoms with E-state index >= 15 is 0 Å². The zero-order valence-electron chi connectivity index (χ0n) is 18.4. The number of carbonyl (C=O) groups excluding carboxylic acids is 1. The highest BCUT2D eigenvalue weighted by atomic mass is 32.1. The van der Waals surface area contributed by atoms with Gasteiger partial charge in [0.25, 0.3) is 0 Å². The molecule has 33 heavy (non-hydrogen) atoms. The molecule has 0 unspecified atom stereocenters. The number of halogens is 1. The SMILES string of the molecule is COc1cc(/C=N/NC(=S)NCCCN2CCOCC2)ccc1OC(=O)c1ccccc1F. The molecule has 0 spiro atoms. The lowest BCUT2D eigenvalue weighted by atomic mass is 10.2. The van der Waals surface area contributed by atoms with Crippen LogP contribution in [0.2, 0.25) is 0 Å². The van der Waals surface area contributed by atoms with Crippen LogP contribution in [0.15, 0.2) is 47.6 Å². The van der Waals surface area contributed by atoms with Crippen LogP contribution in [0.5, 0.6) is 11.5 Å². The highest BCUT2D eigenvalue weighted by Gasteiger charge is 2.16. The Bertz CT molecular complexity index is 983. The van der Waals surface area contributed by atoms with Crippen molar-refractivity contribution in [2.45, 2.75) is 6.42 Å². The van der Waals surface area contributed by atoms with E-state index in [1.54, 1.807) is 30.5 Å². The van der Waals surface area contributed by atoms with Gasteiger partial charge in [-0.3, -0.25) is 10.3 Å². The third kappa shape index (κ3) is 7.77. The Morgan fingerprint density at radius 3 is 2.79 bits per heavy atom. The van der Waals surface area contributed by atoms with Gasteiger partial charge >= 0.3 is 5.97 Å². The Kier molecular flexibility index (Phi) is 9.55. The second-order valence-electron chi connectivity index (χ2n) is 7.21. The summed E-state index contributed by atoms with van der Waals surface area (Å²) in [5.41, 5.74) is 3.31. The van der Waals surface area contributed by atoms with Crippen molar-refractivity contribution in [2.75, 3.05) is 46.5 Å². The first-order valence-electron chi connectivity index (χ1n) is 10.6. The summed E-state index contributed by atoms with van der Waals surface area (Å²) < 4.78 is 29.7. The van der Waals surface area contributed by atoms with Crippen LogP contribution in [0.25, 0.3) is 0 Å². The molecule has 1 saturated heterocycles. The van der Waals surface area contributed by atoms with Crippen LogP contribution in [-0.4, -0.2) is 68.7 Å². The Morgan fingerprint density at radius 2 is 2.03 bits per heavy atom. The summed E-state index contributed by atoms with van der Waals surface area (Å²) in [7, 11) is 1.45.